The van der Waals surface area contributed by atoms with E-state index in [1.165, 1.54) is 4.90 Å². The summed E-state index contributed by atoms with van der Waals surface area (Å²) in [5.41, 5.74) is 2.89. The van der Waals surface area contributed by atoms with Gasteiger partial charge in [-0.1, -0.05) is 23.9 Å². The van der Waals surface area contributed by atoms with Crippen molar-refractivity contribution in [3.63, 3.8) is 0 Å². The van der Waals surface area contributed by atoms with Gasteiger partial charge >= 0.3 is 0 Å². The van der Waals surface area contributed by atoms with Gasteiger partial charge in [0, 0.05) is 4.90 Å². The van der Waals surface area contributed by atoms with Crippen molar-refractivity contribution in [2.45, 2.75) is 29.6 Å². The highest BCUT2D eigenvalue weighted by Gasteiger charge is 2.31. The Morgan fingerprint density at radius 2 is 1.97 bits per heavy atom. The van der Waals surface area contributed by atoms with Crippen LogP contribution in [0.25, 0.3) is 11.0 Å². The van der Waals surface area contributed by atoms with Crippen LogP contribution in [-0.2, 0) is 11.2 Å². The van der Waals surface area contributed by atoms with Crippen LogP contribution < -0.4 is 10.1 Å². The lowest BCUT2D eigenvalue weighted by Gasteiger charge is -2.13. The molecule has 0 radical (unpaired) electrons. The standard InChI is InChI=1S/C20H19N3O3S2.ClH/c1-11(18-21-15-8-7-14(27-2)10-16(15)22-18)26-13-5-3-12(4-6-13)9-17-19(24)23-20(25)28-17;/h3-8,10-11,17H,9H2,1-2H3,(H,21,22)(H,23,24,25);1H. The lowest BCUT2D eigenvalue weighted by atomic mass is 10.1. The third-order valence-electron chi connectivity index (χ3n) is 4.52. The van der Waals surface area contributed by atoms with E-state index in [2.05, 4.69) is 27.4 Å². The molecule has 9 heteroatoms. The first kappa shape index (κ1) is 21.5. The third-order valence-corrected chi connectivity index (χ3v) is 6.22. The summed E-state index contributed by atoms with van der Waals surface area (Å²) in [4.78, 5) is 32.1. The Labute approximate surface area is 183 Å². The smallest absolute Gasteiger partial charge is 0.286 e. The molecule has 3 aromatic rings. The van der Waals surface area contributed by atoms with Crippen LogP contribution in [0.2, 0.25) is 0 Å². The number of aromatic nitrogens is 2. The van der Waals surface area contributed by atoms with Crippen LogP contribution in [0.4, 0.5) is 4.79 Å². The third kappa shape index (κ3) is 4.88. The fourth-order valence-electron chi connectivity index (χ4n) is 3.03. The van der Waals surface area contributed by atoms with Crippen molar-refractivity contribution < 1.29 is 14.3 Å². The maximum Gasteiger partial charge on any atom is 0.286 e. The number of fused-ring (bicyclic) bond motifs is 1. The summed E-state index contributed by atoms with van der Waals surface area (Å²) in [7, 11) is 0. The van der Waals surface area contributed by atoms with Crippen LogP contribution in [0.15, 0.2) is 47.4 Å². The number of aromatic amines is 1. The first-order chi connectivity index (χ1) is 13.5. The Bertz CT molecular complexity index is 1040. The molecule has 2 atom stereocenters. The normalized spacial score (nSPS) is 17.1. The number of ether oxygens (including phenoxy) is 1. The Balaban J connectivity index is 0.00000240. The van der Waals surface area contributed by atoms with Crippen molar-refractivity contribution in [2.75, 3.05) is 6.26 Å². The zero-order valence-corrected chi connectivity index (χ0v) is 18.2. The SMILES string of the molecule is CSc1ccc2nc(C(C)Oc3ccc(CC4SC(=O)NC4=O)cc3)[nH]c2c1.Cl. The summed E-state index contributed by atoms with van der Waals surface area (Å²) < 4.78 is 6.01. The minimum atomic E-state index is -0.361. The minimum absolute atomic E-state index is 0. The van der Waals surface area contributed by atoms with E-state index >= 15 is 0 Å². The number of H-pyrrole nitrogens is 1. The summed E-state index contributed by atoms with van der Waals surface area (Å²) in [5, 5.41) is 1.67. The predicted octanol–water partition coefficient (Wildman–Crippen LogP) is 4.74. The molecule has 4 rings (SSSR count). The minimum Gasteiger partial charge on any atom is -0.483 e. The van der Waals surface area contributed by atoms with Gasteiger partial charge in [-0.25, -0.2) is 4.98 Å². The van der Waals surface area contributed by atoms with Gasteiger partial charge in [-0.3, -0.25) is 14.9 Å². The zero-order chi connectivity index (χ0) is 19.7. The molecule has 0 bridgehead atoms. The van der Waals surface area contributed by atoms with Crippen molar-refractivity contribution in [1.29, 1.82) is 0 Å². The molecule has 2 heterocycles. The van der Waals surface area contributed by atoms with Gasteiger partial charge in [0.2, 0.25) is 5.91 Å². The average molecular weight is 450 g/mol. The molecule has 0 aliphatic carbocycles. The number of imide groups is 1. The highest BCUT2D eigenvalue weighted by Crippen LogP contribution is 2.27. The van der Waals surface area contributed by atoms with E-state index in [9.17, 15) is 9.59 Å². The number of hydrogen-bond donors (Lipinski definition) is 2. The number of nitrogens with zero attached hydrogens (tertiary/aromatic N) is 1. The van der Waals surface area contributed by atoms with Crippen LogP contribution in [0.1, 0.15) is 24.4 Å². The second-order valence-electron chi connectivity index (χ2n) is 6.50. The number of imidazole rings is 1. The summed E-state index contributed by atoms with van der Waals surface area (Å²) in [6.45, 7) is 1.95. The number of hydrogen-bond acceptors (Lipinski definition) is 6. The first-order valence-electron chi connectivity index (χ1n) is 8.82. The van der Waals surface area contributed by atoms with Crippen molar-refractivity contribution in [3.05, 3.63) is 53.9 Å². The number of thioether (sulfide) groups is 2. The number of amides is 2. The molecule has 1 saturated heterocycles. The van der Waals surface area contributed by atoms with Crippen molar-refractivity contribution in [3.8, 4) is 5.75 Å². The molecule has 1 aromatic heterocycles. The molecule has 0 saturated carbocycles. The largest absolute Gasteiger partial charge is 0.483 e. The molecular formula is C20H20ClN3O3S2. The van der Waals surface area contributed by atoms with Crippen LogP contribution in [0.3, 0.4) is 0 Å². The molecule has 2 amide bonds. The van der Waals surface area contributed by atoms with E-state index in [1.54, 1.807) is 11.8 Å². The summed E-state index contributed by atoms with van der Waals surface area (Å²) in [5.74, 6) is 1.27. The van der Waals surface area contributed by atoms with E-state index in [4.69, 9.17) is 4.74 Å². The second-order valence-corrected chi connectivity index (χ2v) is 8.55. The molecule has 152 valence electrons. The summed E-state index contributed by atoms with van der Waals surface area (Å²) >= 11 is 2.73. The quantitative estimate of drug-likeness (QED) is 0.529. The second kappa shape index (κ2) is 9.11. The Morgan fingerprint density at radius 3 is 2.62 bits per heavy atom. The van der Waals surface area contributed by atoms with E-state index in [0.29, 0.717) is 6.42 Å². The highest BCUT2D eigenvalue weighted by molar-refractivity contribution is 8.15. The molecular weight excluding hydrogens is 430 g/mol. The van der Waals surface area contributed by atoms with Gasteiger partial charge in [-0.05, 0) is 55.5 Å². The molecule has 1 aliphatic heterocycles. The number of nitrogens with one attached hydrogen (secondary N) is 2. The lowest BCUT2D eigenvalue weighted by Crippen LogP contribution is -2.25. The fraction of sp³-hybridized carbons (Fsp3) is 0.250. The number of halogens is 1. The Morgan fingerprint density at radius 1 is 1.21 bits per heavy atom. The topological polar surface area (TPSA) is 84.1 Å². The van der Waals surface area contributed by atoms with E-state index in [0.717, 1.165) is 39.9 Å². The van der Waals surface area contributed by atoms with Gasteiger partial charge < -0.3 is 9.72 Å². The Hall–Kier alpha value is -2.16. The van der Waals surface area contributed by atoms with Gasteiger partial charge in [0.25, 0.3) is 5.24 Å². The molecule has 1 fully saturated rings. The van der Waals surface area contributed by atoms with Gasteiger partial charge in [0.05, 0.1) is 16.3 Å². The molecule has 29 heavy (non-hydrogen) atoms. The maximum absolute atomic E-state index is 11.7. The first-order valence-corrected chi connectivity index (χ1v) is 10.9. The lowest BCUT2D eigenvalue weighted by molar-refractivity contribution is -0.118. The van der Waals surface area contributed by atoms with Gasteiger partial charge in [0.15, 0.2) is 6.10 Å². The summed E-state index contributed by atoms with van der Waals surface area (Å²) in [6.07, 6.45) is 2.33. The number of rotatable bonds is 6. The van der Waals surface area contributed by atoms with E-state index < -0.39 is 0 Å². The monoisotopic (exact) mass is 449 g/mol. The molecule has 2 N–H and O–H groups in total. The van der Waals surface area contributed by atoms with Crippen LogP contribution in [0, 0.1) is 0 Å². The highest BCUT2D eigenvalue weighted by atomic mass is 35.5. The Kier molecular flexibility index (Phi) is 6.77. The number of benzene rings is 2. The van der Waals surface area contributed by atoms with Gasteiger partial charge in [-0.15, -0.1) is 24.2 Å². The van der Waals surface area contributed by atoms with E-state index in [-0.39, 0.29) is 34.9 Å². The van der Waals surface area contributed by atoms with Crippen LogP contribution >= 0.6 is 35.9 Å². The average Bonchev–Trinajstić information content (AvgIpc) is 3.25. The van der Waals surface area contributed by atoms with Gasteiger partial charge in [0.1, 0.15) is 11.6 Å². The van der Waals surface area contributed by atoms with E-state index in [1.807, 2.05) is 43.5 Å². The number of carbonyl (C=O) groups excluding carboxylic acids is 2. The van der Waals surface area contributed by atoms with Gasteiger partial charge in [-0.2, -0.15) is 0 Å². The molecule has 1 aliphatic rings. The summed E-state index contributed by atoms with van der Waals surface area (Å²) in [6, 6.07) is 13.7. The molecule has 6 nitrogen and oxygen atoms in total. The van der Waals surface area contributed by atoms with Crippen molar-refractivity contribution >= 4 is 58.1 Å². The van der Waals surface area contributed by atoms with Crippen molar-refractivity contribution in [1.82, 2.24) is 15.3 Å². The molecule has 0 spiro atoms. The predicted molar refractivity (Wildman–Crippen MR) is 119 cm³/mol. The number of carbonyl (C=O) groups is 2. The fourth-order valence-corrected chi connectivity index (χ4v) is 4.33. The molecule has 2 aromatic carbocycles. The van der Waals surface area contributed by atoms with Crippen molar-refractivity contribution in [2.24, 2.45) is 0 Å². The maximum atomic E-state index is 11.7. The zero-order valence-electron chi connectivity index (χ0n) is 15.8. The van der Waals surface area contributed by atoms with Crippen LogP contribution in [-0.4, -0.2) is 32.6 Å². The molecule has 2 unspecified atom stereocenters. The van der Waals surface area contributed by atoms with Crippen LogP contribution in [0.5, 0.6) is 5.75 Å².